The molecule has 3 heterocycles. The zero-order valence-corrected chi connectivity index (χ0v) is 21.5. The summed E-state index contributed by atoms with van der Waals surface area (Å²) in [6, 6.07) is 6.47. The first-order chi connectivity index (χ1) is 16.3. The van der Waals surface area contributed by atoms with Gasteiger partial charge in [-0.2, -0.15) is 4.31 Å². The lowest BCUT2D eigenvalue weighted by atomic mass is 9.92. The molecule has 0 radical (unpaired) electrons. The molecule has 3 aliphatic heterocycles. The van der Waals surface area contributed by atoms with Gasteiger partial charge in [-0.25, -0.2) is 8.42 Å². The van der Waals surface area contributed by atoms with E-state index in [-0.39, 0.29) is 28.9 Å². The second kappa shape index (κ2) is 10.9. The number of morpholine rings is 1. The average Bonchev–Trinajstić information content (AvgIpc) is 2.83. The molecule has 3 aliphatic rings. The van der Waals surface area contributed by atoms with Crippen LogP contribution < -0.4 is 4.74 Å². The molecule has 0 aliphatic carbocycles. The summed E-state index contributed by atoms with van der Waals surface area (Å²) >= 11 is 0. The summed E-state index contributed by atoms with van der Waals surface area (Å²) in [6.07, 6.45) is 3.80. The zero-order valence-electron chi connectivity index (χ0n) is 20.7. The molecule has 190 valence electrons. The molecule has 8 nitrogen and oxygen atoms in total. The SMILES string of the molecule is COc1ccc(S(=O)(=O)N2CCC(C(=O)N3CCC(CN4CC(C)OC(C)C4)CC3)CC2)cc1. The Morgan fingerprint density at radius 3 is 2.12 bits per heavy atom. The number of hydrogen-bond acceptors (Lipinski definition) is 6. The summed E-state index contributed by atoms with van der Waals surface area (Å²) in [4.78, 5) is 17.9. The Labute approximate surface area is 204 Å². The van der Waals surface area contributed by atoms with Gasteiger partial charge in [0, 0.05) is 51.7 Å². The summed E-state index contributed by atoms with van der Waals surface area (Å²) in [7, 11) is -2.00. The molecule has 0 bridgehead atoms. The normalized spacial score (nSPS) is 26.5. The number of piperidine rings is 2. The van der Waals surface area contributed by atoms with Crippen molar-refractivity contribution in [2.75, 3.05) is 52.9 Å². The summed E-state index contributed by atoms with van der Waals surface area (Å²) < 4.78 is 38.4. The lowest BCUT2D eigenvalue weighted by Crippen LogP contribution is -2.50. The number of carbonyl (C=O) groups excluding carboxylic acids is 1. The van der Waals surface area contributed by atoms with Gasteiger partial charge in [0.25, 0.3) is 0 Å². The van der Waals surface area contributed by atoms with Crippen LogP contribution in [0.15, 0.2) is 29.2 Å². The molecule has 9 heteroatoms. The van der Waals surface area contributed by atoms with Gasteiger partial charge in [-0.3, -0.25) is 9.69 Å². The lowest BCUT2D eigenvalue weighted by molar-refractivity contribution is -0.138. The van der Waals surface area contributed by atoms with E-state index in [4.69, 9.17) is 9.47 Å². The molecule has 2 unspecified atom stereocenters. The van der Waals surface area contributed by atoms with Crippen LogP contribution in [-0.2, 0) is 19.6 Å². The Morgan fingerprint density at radius 2 is 1.56 bits per heavy atom. The van der Waals surface area contributed by atoms with Gasteiger partial charge in [-0.15, -0.1) is 0 Å². The standard InChI is InChI=1S/C25H39N3O5S/c1-19-16-26(17-20(2)33-19)18-21-8-12-27(13-9-21)25(29)22-10-14-28(15-11-22)34(30,31)24-6-4-23(32-3)5-7-24/h4-7,19-22H,8-18H2,1-3H3. The number of methoxy groups -OCH3 is 1. The van der Waals surface area contributed by atoms with E-state index >= 15 is 0 Å². The van der Waals surface area contributed by atoms with Gasteiger partial charge in [-0.1, -0.05) is 0 Å². The van der Waals surface area contributed by atoms with Gasteiger partial charge in [0.05, 0.1) is 24.2 Å². The molecule has 0 N–H and O–H groups in total. The largest absolute Gasteiger partial charge is 0.497 e. The van der Waals surface area contributed by atoms with Gasteiger partial charge in [0.15, 0.2) is 0 Å². The van der Waals surface area contributed by atoms with Crippen LogP contribution in [0.25, 0.3) is 0 Å². The van der Waals surface area contributed by atoms with Crippen LogP contribution in [0.2, 0.25) is 0 Å². The monoisotopic (exact) mass is 493 g/mol. The predicted octanol–water partition coefficient (Wildman–Crippen LogP) is 2.44. The van der Waals surface area contributed by atoms with Gasteiger partial charge in [0.2, 0.25) is 15.9 Å². The second-order valence-corrected chi connectivity index (χ2v) is 12.0. The third-order valence-corrected chi connectivity index (χ3v) is 9.35. The van der Waals surface area contributed by atoms with Crippen LogP contribution in [0.1, 0.15) is 39.5 Å². The number of sulfonamides is 1. The van der Waals surface area contributed by atoms with Crippen molar-refractivity contribution in [3.63, 3.8) is 0 Å². The van der Waals surface area contributed by atoms with Crippen molar-refractivity contribution in [3.8, 4) is 5.75 Å². The van der Waals surface area contributed by atoms with Crippen LogP contribution >= 0.6 is 0 Å². The Hall–Kier alpha value is -1.68. The molecular weight excluding hydrogens is 454 g/mol. The van der Waals surface area contributed by atoms with E-state index in [9.17, 15) is 13.2 Å². The van der Waals surface area contributed by atoms with E-state index in [1.54, 1.807) is 31.4 Å². The van der Waals surface area contributed by atoms with Crippen molar-refractivity contribution >= 4 is 15.9 Å². The number of hydrogen-bond donors (Lipinski definition) is 0. The van der Waals surface area contributed by atoms with Gasteiger partial charge < -0.3 is 14.4 Å². The van der Waals surface area contributed by atoms with Crippen molar-refractivity contribution in [1.29, 1.82) is 0 Å². The topological polar surface area (TPSA) is 79.4 Å². The van der Waals surface area contributed by atoms with Crippen LogP contribution in [0.4, 0.5) is 0 Å². The van der Waals surface area contributed by atoms with Crippen molar-refractivity contribution in [2.24, 2.45) is 11.8 Å². The van der Waals surface area contributed by atoms with E-state index in [1.165, 1.54) is 4.31 Å². The highest BCUT2D eigenvalue weighted by Crippen LogP contribution is 2.28. The highest BCUT2D eigenvalue weighted by molar-refractivity contribution is 7.89. The fourth-order valence-corrected chi connectivity index (χ4v) is 7.10. The van der Waals surface area contributed by atoms with Crippen LogP contribution in [0.3, 0.4) is 0 Å². The maximum Gasteiger partial charge on any atom is 0.243 e. The van der Waals surface area contributed by atoms with Crippen molar-refractivity contribution in [3.05, 3.63) is 24.3 Å². The number of benzene rings is 1. The number of likely N-dealkylation sites (tertiary alicyclic amines) is 1. The number of carbonyl (C=O) groups is 1. The van der Waals surface area contributed by atoms with Crippen molar-refractivity contribution in [2.45, 2.75) is 56.6 Å². The molecule has 1 aromatic carbocycles. The van der Waals surface area contributed by atoms with Crippen molar-refractivity contribution < 1.29 is 22.7 Å². The third-order valence-electron chi connectivity index (χ3n) is 7.44. The molecule has 2 atom stereocenters. The molecule has 1 amide bonds. The van der Waals surface area contributed by atoms with E-state index in [0.717, 1.165) is 45.6 Å². The molecule has 0 saturated carbocycles. The predicted molar refractivity (Wildman–Crippen MR) is 130 cm³/mol. The second-order valence-electron chi connectivity index (χ2n) is 10.1. The summed E-state index contributed by atoms with van der Waals surface area (Å²) in [5.41, 5.74) is 0. The maximum atomic E-state index is 13.1. The molecule has 3 saturated heterocycles. The molecule has 3 fully saturated rings. The Morgan fingerprint density at radius 1 is 0.971 bits per heavy atom. The number of nitrogens with zero attached hydrogens (tertiary/aromatic N) is 3. The molecule has 34 heavy (non-hydrogen) atoms. The smallest absolute Gasteiger partial charge is 0.243 e. The van der Waals surface area contributed by atoms with Crippen LogP contribution in [-0.4, -0.2) is 93.6 Å². The molecule has 0 aromatic heterocycles. The number of ether oxygens (including phenoxy) is 2. The molecule has 1 aromatic rings. The van der Waals surface area contributed by atoms with E-state index < -0.39 is 10.0 Å². The Balaban J connectivity index is 1.24. The van der Waals surface area contributed by atoms with Crippen LogP contribution in [0.5, 0.6) is 5.75 Å². The summed E-state index contributed by atoms with van der Waals surface area (Å²) in [6.45, 7) is 9.72. The zero-order chi connectivity index (χ0) is 24.3. The first kappa shape index (κ1) is 25.4. The average molecular weight is 494 g/mol. The van der Waals surface area contributed by atoms with E-state index in [1.807, 2.05) is 4.90 Å². The Bertz CT molecular complexity index is 912. The van der Waals surface area contributed by atoms with Gasteiger partial charge in [-0.05, 0) is 69.7 Å². The Kier molecular flexibility index (Phi) is 8.17. The van der Waals surface area contributed by atoms with E-state index in [2.05, 4.69) is 18.7 Å². The quantitative estimate of drug-likeness (QED) is 0.606. The maximum absolute atomic E-state index is 13.1. The fourth-order valence-electron chi connectivity index (χ4n) is 5.63. The van der Waals surface area contributed by atoms with Gasteiger partial charge in [0.1, 0.15) is 5.75 Å². The van der Waals surface area contributed by atoms with Crippen LogP contribution in [0, 0.1) is 11.8 Å². The summed E-state index contributed by atoms with van der Waals surface area (Å²) in [5.74, 6) is 1.37. The van der Waals surface area contributed by atoms with Crippen molar-refractivity contribution in [1.82, 2.24) is 14.1 Å². The number of amides is 1. The molecular formula is C25H39N3O5S. The molecule has 4 rings (SSSR count). The first-order valence-corrected chi connectivity index (χ1v) is 14.0. The number of rotatable bonds is 6. The minimum atomic E-state index is -3.55. The minimum Gasteiger partial charge on any atom is -0.497 e. The van der Waals surface area contributed by atoms with E-state index in [0.29, 0.717) is 37.6 Å². The fraction of sp³-hybridized carbons (Fsp3) is 0.720. The highest BCUT2D eigenvalue weighted by Gasteiger charge is 2.35. The highest BCUT2D eigenvalue weighted by atomic mass is 32.2. The lowest BCUT2D eigenvalue weighted by Gasteiger charge is -2.40. The summed E-state index contributed by atoms with van der Waals surface area (Å²) in [5, 5.41) is 0. The minimum absolute atomic E-state index is 0.0835. The van der Waals surface area contributed by atoms with Gasteiger partial charge >= 0.3 is 0 Å². The first-order valence-electron chi connectivity index (χ1n) is 12.6. The molecule has 0 spiro atoms. The third kappa shape index (κ3) is 5.93.